The smallest absolute Gasteiger partial charge is 0.251 e. The average molecular weight is 739 g/mol. The Hall–Kier alpha value is -5.32. The van der Waals surface area contributed by atoms with Gasteiger partial charge in [-0.2, -0.15) is 0 Å². The molecular weight excluding hydrogens is 697 g/mol. The van der Waals surface area contributed by atoms with Crippen molar-refractivity contribution >= 4 is 40.5 Å². The number of amides is 2. The number of para-hydroxylation sites is 1. The molecule has 1 N–H and O–H groups in total. The average Bonchev–Trinajstić information content (AvgIpc) is 3.71. The first-order valence-electron chi connectivity index (χ1n) is 18.4. The number of carbonyl (C=O) groups excluding carboxylic acids is 2. The Morgan fingerprint density at radius 2 is 1.41 bits per heavy atom. The molecule has 10 heteroatoms. The number of benzene rings is 4. The van der Waals surface area contributed by atoms with Gasteiger partial charge in [0.15, 0.2) is 10.7 Å². The van der Waals surface area contributed by atoms with Gasteiger partial charge in [0.2, 0.25) is 5.91 Å². The molecule has 0 aromatic heterocycles. The largest absolute Gasteiger partial charge is 0.497 e. The number of hydrogen-bond acceptors (Lipinski definition) is 8. The summed E-state index contributed by atoms with van der Waals surface area (Å²) in [7, 11) is 6.96. The number of thioether (sulfide) groups is 1. The molecule has 2 spiro atoms. The van der Waals surface area contributed by atoms with Crippen LogP contribution in [0.25, 0.3) is 6.08 Å². The quantitative estimate of drug-likeness (QED) is 0.215. The van der Waals surface area contributed by atoms with Crippen molar-refractivity contribution in [2.75, 3.05) is 40.2 Å². The summed E-state index contributed by atoms with van der Waals surface area (Å²) in [6.45, 7) is 0.483. The van der Waals surface area contributed by atoms with Gasteiger partial charge in [0.25, 0.3) is 5.91 Å². The molecular formula is C44H42N4O5S. The molecule has 5 aliphatic rings. The van der Waals surface area contributed by atoms with Crippen LogP contribution in [0.2, 0.25) is 0 Å². The maximum Gasteiger partial charge on any atom is 0.251 e. The third kappa shape index (κ3) is 4.92. The summed E-state index contributed by atoms with van der Waals surface area (Å²) >= 11 is 1.46. The lowest BCUT2D eigenvalue weighted by Crippen LogP contribution is -2.62. The minimum Gasteiger partial charge on any atom is -0.497 e. The van der Waals surface area contributed by atoms with Crippen molar-refractivity contribution in [2.45, 2.75) is 47.9 Å². The van der Waals surface area contributed by atoms with E-state index in [1.54, 1.807) is 21.3 Å². The summed E-state index contributed by atoms with van der Waals surface area (Å²) in [6, 6.07) is 31.5. The van der Waals surface area contributed by atoms with E-state index in [2.05, 4.69) is 40.6 Å². The summed E-state index contributed by atoms with van der Waals surface area (Å²) in [4.78, 5) is 40.5. The lowest BCUT2D eigenvalue weighted by atomic mass is 9.71. The molecule has 0 bridgehead atoms. The maximum atomic E-state index is 16.2. The van der Waals surface area contributed by atoms with Gasteiger partial charge in [-0.05, 0) is 109 Å². The van der Waals surface area contributed by atoms with Crippen molar-refractivity contribution in [3.05, 3.63) is 136 Å². The van der Waals surface area contributed by atoms with Crippen LogP contribution in [0.3, 0.4) is 0 Å². The third-order valence-electron chi connectivity index (χ3n) is 11.9. The predicted molar refractivity (Wildman–Crippen MR) is 212 cm³/mol. The third-order valence-corrected chi connectivity index (χ3v) is 13.4. The Morgan fingerprint density at radius 1 is 0.796 bits per heavy atom. The van der Waals surface area contributed by atoms with Crippen LogP contribution in [0.15, 0.2) is 119 Å². The first kappa shape index (κ1) is 34.4. The number of amidine groups is 1. The number of nitrogens with zero attached hydrogens (tertiary/aromatic N) is 3. The van der Waals surface area contributed by atoms with E-state index in [0.717, 1.165) is 87.7 Å². The van der Waals surface area contributed by atoms with Gasteiger partial charge >= 0.3 is 0 Å². The molecule has 274 valence electrons. The molecule has 2 amide bonds. The second-order valence-corrected chi connectivity index (χ2v) is 15.7. The van der Waals surface area contributed by atoms with Gasteiger partial charge in [-0.1, -0.05) is 66.4 Å². The van der Waals surface area contributed by atoms with Crippen LogP contribution >= 0.6 is 11.8 Å². The second kappa shape index (κ2) is 13.2. The second-order valence-electron chi connectivity index (χ2n) is 14.5. The van der Waals surface area contributed by atoms with Gasteiger partial charge < -0.3 is 19.5 Å². The zero-order valence-corrected chi connectivity index (χ0v) is 31.6. The van der Waals surface area contributed by atoms with Gasteiger partial charge in [0.05, 0.1) is 33.1 Å². The number of allylic oxidation sites excluding steroid dienone is 1. The van der Waals surface area contributed by atoms with E-state index < -0.39 is 16.3 Å². The normalized spacial score (nSPS) is 26.8. The number of nitrogens with one attached hydrogen (secondary N) is 1. The molecule has 4 aromatic carbocycles. The highest BCUT2D eigenvalue weighted by atomic mass is 32.2. The van der Waals surface area contributed by atoms with E-state index in [9.17, 15) is 4.79 Å². The van der Waals surface area contributed by atoms with E-state index in [1.807, 2.05) is 84.7 Å². The molecule has 0 saturated carbocycles. The fraction of sp³-hybridized carbons (Fsp3) is 0.295. The maximum absolute atomic E-state index is 16.2. The first-order valence-corrected chi connectivity index (χ1v) is 19.2. The summed E-state index contributed by atoms with van der Waals surface area (Å²) in [6.07, 6.45) is 5.85. The van der Waals surface area contributed by atoms with E-state index in [-0.39, 0.29) is 17.7 Å². The molecule has 4 atom stereocenters. The first-order chi connectivity index (χ1) is 26.3. The van der Waals surface area contributed by atoms with E-state index in [1.165, 1.54) is 11.8 Å². The molecule has 2 saturated heterocycles. The van der Waals surface area contributed by atoms with Crippen molar-refractivity contribution in [2.24, 2.45) is 4.99 Å². The topological polar surface area (TPSA) is 92.7 Å². The van der Waals surface area contributed by atoms with E-state index in [0.29, 0.717) is 11.7 Å². The van der Waals surface area contributed by atoms with Gasteiger partial charge in [-0.25, -0.2) is 4.99 Å². The number of aliphatic imine (C=N–C) groups is 1. The number of likely N-dealkylation sites (tertiary alicyclic amines) is 1. The van der Waals surface area contributed by atoms with Crippen molar-refractivity contribution in [1.82, 2.24) is 9.80 Å². The Morgan fingerprint density at radius 3 is 2.07 bits per heavy atom. The van der Waals surface area contributed by atoms with Crippen molar-refractivity contribution in [3.8, 4) is 17.2 Å². The molecule has 4 aromatic rings. The van der Waals surface area contributed by atoms with Crippen molar-refractivity contribution in [3.63, 3.8) is 0 Å². The van der Waals surface area contributed by atoms with Crippen LogP contribution in [0.4, 0.5) is 5.69 Å². The highest BCUT2D eigenvalue weighted by Crippen LogP contribution is 2.67. The number of anilines is 1. The Kier molecular flexibility index (Phi) is 8.43. The minimum absolute atomic E-state index is 0.111. The number of hydrogen-bond donors (Lipinski definition) is 1. The summed E-state index contributed by atoms with van der Waals surface area (Å²) in [5.74, 6) is 1.61. The van der Waals surface area contributed by atoms with Crippen LogP contribution in [0.5, 0.6) is 17.2 Å². The number of rotatable bonds is 6. The molecule has 1 aliphatic carbocycles. The van der Waals surface area contributed by atoms with Crippen LogP contribution < -0.4 is 19.5 Å². The Bertz CT molecular complexity index is 2250. The van der Waals surface area contributed by atoms with E-state index in [4.69, 9.17) is 19.2 Å². The predicted octanol–water partition coefficient (Wildman–Crippen LogP) is 7.93. The molecule has 0 unspecified atom stereocenters. The molecule has 9 rings (SSSR count). The molecule has 9 nitrogen and oxygen atoms in total. The highest BCUT2D eigenvalue weighted by Gasteiger charge is 2.78. The van der Waals surface area contributed by atoms with Crippen molar-refractivity contribution < 1.29 is 23.8 Å². The van der Waals surface area contributed by atoms with Crippen LogP contribution in [-0.2, 0) is 15.1 Å². The molecule has 4 heterocycles. The zero-order valence-electron chi connectivity index (χ0n) is 30.8. The SMILES string of the molecule is COc1ccc(/C=C2\CCCCC3=C2N=C2S[C@]4(C(=O)N2[C@H]3c2ccc(OC)cc2)[C@H](c2ccc(OC)cc2)CN(C)[C@]42C(=O)Nc3ccccc32)cc1. The van der Waals surface area contributed by atoms with Gasteiger partial charge in [-0.15, -0.1) is 0 Å². The number of methoxy groups -OCH3 is 3. The van der Waals surface area contributed by atoms with Crippen LogP contribution in [0.1, 0.15) is 59.9 Å². The number of carbonyl (C=O) groups is 2. The summed E-state index contributed by atoms with van der Waals surface area (Å²) < 4.78 is 15.2. The zero-order chi connectivity index (χ0) is 37.2. The standard InChI is InChI=1S/C44H42N4O5S/c1-47-26-36(28-15-21-32(52-3)22-16-28)44(43(47)35-11-7-8-12-37(35)45-40(43)49)41(50)48-39(29-17-23-33(53-4)24-18-29)34-10-6-5-9-30(38(34)46-42(48)54-44)25-27-13-19-31(51-2)20-14-27/h7-8,11-25,36,39H,5-6,9-10,26H2,1-4H3,(H,45,49)/b30-25+/t36-,39-,43+,44-/m0/s1. The van der Waals surface area contributed by atoms with Gasteiger partial charge in [0.1, 0.15) is 22.0 Å². The number of likely N-dealkylation sites (N-methyl/N-ethyl adjacent to an activating group) is 1. The lowest BCUT2D eigenvalue weighted by Gasteiger charge is -2.42. The number of ether oxygens (including phenoxy) is 3. The summed E-state index contributed by atoms with van der Waals surface area (Å²) in [5, 5.41) is 3.81. The molecule has 54 heavy (non-hydrogen) atoms. The van der Waals surface area contributed by atoms with Gasteiger partial charge in [-0.3, -0.25) is 19.4 Å². The fourth-order valence-corrected chi connectivity index (χ4v) is 11.2. The Labute approximate surface area is 319 Å². The molecule has 0 radical (unpaired) electrons. The lowest BCUT2D eigenvalue weighted by molar-refractivity contribution is -0.139. The van der Waals surface area contributed by atoms with Gasteiger partial charge in [0, 0.05) is 23.7 Å². The fourth-order valence-electron chi connectivity index (χ4n) is 9.41. The Balaban J connectivity index is 1.28. The van der Waals surface area contributed by atoms with E-state index >= 15 is 4.79 Å². The van der Waals surface area contributed by atoms with Crippen LogP contribution in [-0.4, -0.2) is 66.5 Å². The monoisotopic (exact) mass is 738 g/mol. The molecule has 2 fully saturated rings. The van der Waals surface area contributed by atoms with Crippen molar-refractivity contribution in [1.29, 1.82) is 0 Å². The molecule has 4 aliphatic heterocycles. The van der Waals surface area contributed by atoms with Crippen LogP contribution in [0, 0.1) is 0 Å². The number of fused-ring (bicyclic) bond motifs is 4. The summed E-state index contributed by atoms with van der Waals surface area (Å²) in [5.41, 5.74) is 6.43. The minimum atomic E-state index is -1.31. The highest BCUT2D eigenvalue weighted by molar-refractivity contribution is 8.16.